The molecule has 3 aromatic rings. The number of aromatic amines is 1. The highest BCUT2D eigenvalue weighted by molar-refractivity contribution is 5.95. The molecule has 1 atom stereocenters. The first-order chi connectivity index (χ1) is 16.0. The van der Waals surface area contributed by atoms with Crippen LogP contribution in [-0.4, -0.2) is 58.0 Å². The van der Waals surface area contributed by atoms with Crippen LogP contribution in [0.1, 0.15) is 41.9 Å². The summed E-state index contributed by atoms with van der Waals surface area (Å²) < 4.78 is 5.53. The average Bonchev–Trinajstić information content (AvgIpc) is 3.48. The molecule has 1 fully saturated rings. The van der Waals surface area contributed by atoms with Crippen LogP contribution in [0.4, 0.5) is 5.82 Å². The van der Waals surface area contributed by atoms with E-state index in [4.69, 9.17) is 9.72 Å². The third-order valence-electron chi connectivity index (χ3n) is 6.62. The molecule has 1 aromatic carbocycles. The summed E-state index contributed by atoms with van der Waals surface area (Å²) in [6, 6.07) is 8.18. The number of nitrogens with one attached hydrogen (secondary N) is 1. The van der Waals surface area contributed by atoms with Gasteiger partial charge in [0.05, 0.1) is 6.54 Å². The monoisotopic (exact) mass is 447 g/mol. The Kier molecular flexibility index (Phi) is 5.85. The number of benzene rings is 1. The number of nitrogens with zero attached hydrogens (tertiary/aromatic N) is 4. The predicted molar refractivity (Wildman–Crippen MR) is 125 cm³/mol. The number of para-hydroxylation sites is 1. The van der Waals surface area contributed by atoms with Crippen molar-refractivity contribution in [2.45, 2.75) is 51.7 Å². The van der Waals surface area contributed by atoms with Gasteiger partial charge in [0.2, 0.25) is 5.91 Å². The van der Waals surface area contributed by atoms with Gasteiger partial charge in [-0.1, -0.05) is 18.2 Å². The molecule has 8 heteroatoms. The van der Waals surface area contributed by atoms with E-state index in [-0.39, 0.29) is 24.5 Å². The van der Waals surface area contributed by atoms with Crippen molar-refractivity contribution in [2.24, 2.45) is 0 Å². The van der Waals surface area contributed by atoms with Gasteiger partial charge in [-0.05, 0) is 44.2 Å². The van der Waals surface area contributed by atoms with Gasteiger partial charge in [0.25, 0.3) is 5.91 Å². The third kappa shape index (κ3) is 4.23. The first-order valence-electron chi connectivity index (χ1n) is 11.6. The molecule has 0 spiro atoms. The van der Waals surface area contributed by atoms with Crippen molar-refractivity contribution >= 4 is 28.5 Å². The van der Waals surface area contributed by atoms with Crippen LogP contribution in [0.15, 0.2) is 30.5 Å². The fourth-order valence-corrected chi connectivity index (χ4v) is 4.82. The molecule has 2 amide bonds. The Hall–Kier alpha value is -3.26. The maximum absolute atomic E-state index is 12.9. The number of aromatic nitrogens is 3. The number of carbonyl (C=O) groups is 2. The third-order valence-corrected chi connectivity index (χ3v) is 6.62. The zero-order valence-corrected chi connectivity index (χ0v) is 19.1. The number of hydrogen-bond acceptors (Lipinski definition) is 5. The summed E-state index contributed by atoms with van der Waals surface area (Å²) in [7, 11) is 1.75. The molecular weight excluding hydrogens is 418 g/mol. The Labute approximate surface area is 193 Å². The van der Waals surface area contributed by atoms with Crippen molar-refractivity contribution < 1.29 is 14.3 Å². The Morgan fingerprint density at radius 3 is 2.94 bits per heavy atom. The molecule has 0 bridgehead atoms. The van der Waals surface area contributed by atoms with Crippen molar-refractivity contribution in [3.05, 3.63) is 53.1 Å². The Morgan fingerprint density at radius 2 is 2.12 bits per heavy atom. The maximum atomic E-state index is 12.9. The zero-order valence-electron chi connectivity index (χ0n) is 19.1. The van der Waals surface area contributed by atoms with Crippen molar-refractivity contribution in [1.29, 1.82) is 0 Å². The van der Waals surface area contributed by atoms with E-state index in [0.29, 0.717) is 37.6 Å². The molecule has 2 aromatic heterocycles. The molecule has 2 aliphatic rings. The van der Waals surface area contributed by atoms with Gasteiger partial charge in [-0.25, -0.2) is 9.97 Å². The quantitative estimate of drug-likeness (QED) is 0.627. The summed E-state index contributed by atoms with van der Waals surface area (Å²) in [6.07, 6.45) is 5.14. The lowest BCUT2D eigenvalue weighted by Gasteiger charge is -2.30. The van der Waals surface area contributed by atoms with Crippen LogP contribution in [-0.2, 0) is 33.7 Å². The molecule has 0 aliphatic carbocycles. The second-order valence-corrected chi connectivity index (χ2v) is 8.88. The number of anilines is 1. The van der Waals surface area contributed by atoms with E-state index in [0.717, 1.165) is 36.0 Å². The molecule has 1 unspecified atom stereocenters. The number of fused-ring (bicyclic) bond motifs is 2. The van der Waals surface area contributed by atoms with E-state index in [2.05, 4.69) is 22.1 Å². The van der Waals surface area contributed by atoms with Crippen LogP contribution in [0, 0.1) is 6.92 Å². The molecule has 8 nitrogen and oxygen atoms in total. The van der Waals surface area contributed by atoms with Gasteiger partial charge in [0.15, 0.2) is 0 Å². The summed E-state index contributed by atoms with van der Waals surface area (Å²) in [5.41, 5.74) is 4.17. The zero-order chi connectivity index (χ0) is 22.9. The lowest BCUT2D eigenvalue weighted by atomic mass is 10.0. The van der Waals surface area contributed by atoms with Crippen LogP contribution in [0.3, 0.4) is 0 Å². The highest BCUT2D eigenvalue weighted by Crippen LogP contribution is 2.29. The Morgan fingerprint density at radius 1 is 1.27 bits per heavy atom. The summed E-state index contributed by atoms with van der Waals surface area (Å²) in [4.78, 5) is 41.7. The van der Waals surface area contributed by atoms with Gasteiger partial charge >= 0.3 is 0 Å². The lowest BCUT2D eigenvalue weighted by Crippen LogP contribution is -2.39. The predicted octanol–water partition coefficient (Wildman–Crippen LogP) is 2.93. The van der Waals surface area contributed by atoms with Crippen molar-refractivity contribution in [2.75, 3.05) is 25.1 Å². The van der Waals surface area contributed by atoms with Crippen LogP contribution < -0.4 is 4.90 Å². The fourth-order valence-electron chi connectivity index (χ4n) is 4.82. The smallest absolute Gasteiger partial charge is 0.251 e. The van der Waals surface area contributed by atoms with E-state index < -0.39 is 0 Å². The number of carbonyl (C=O) groups excluding carboxylic acids is 2. The van der Waals surface area contributed by atoms with Gasteiger partial charge in [0, 0.05) is 55.0 Å². The molecule has 0 radical (unpaired) electrons. The summed E-state index contributed by atoms with van der Waals surface area (Å²) in [5, 5.41) is 1.18. The van der Waals surface area contributed by atoms with E-state index in [1.807, 2.05) is 25.3 Å². The van der Waals surface area contributed by atoms with Crippen LogP contribution >= 0.6 is 0 Å². The lowest BCUT2D eigenvalue weighted by molar-refractivity contribution is -0.140. The summed E-state index contributed by atoms with van der Waals surface area (Å²) in [5.74, 6) is 1.27. The van der Waals surface area contributed by atoms with Crippen molar-refractivity contribution in [1.82, 2.24) is 19.9 Å². The molecule has 1 N–H and O–H groups in total. The van der Waals surface area contributed by atoms with Crippen LogP contribution in [0.2, 0.25) is 0 Å². The SMILES string of the molecule is Cc1nc(CN(C)C(=O)C2CCCO2)nc2c1CCC(=O)N2CCc1c[nH]c2ccccc12. The molecule has 4 heterocycles. The summed E-state index contributed by atoms with van der Waals surface area (Å²) in [6.45, 7) is 3.43. The maximum Gasteiger partial charge on any atom is 0.251 e. The number of amides is 2. The van der Waals surface area contributed by atoms with E-state index in [9.17, 15) is 9.59 Å². The second kappa shape index (κ2) is 8.94. The number of hydrogen-bond donors (Lipinski definition) is 1. The van der Waals surface area contributed by atoms with Crippen LogP contribution in [0.25, 0.3) is 10.9 Å². The molecule has 2 aliphatic heterocycles. The molecule has 1 saturated heterocycles. The first-order valence-corrected chi connectivity index (χ1v) is 11.6. The summed E-state index contributed by atoms with van der Waals surface area (Å²) >= 11 is 0. The standard InChI is InChI=1S/C25H29N5O3/c1-16-18-9-10-23(31)30(12-11-17-14-26-20-7-4-3-6-19(17)20)24(18)28-22(27-16)15-29(2)25(32)21-8-5-13-33-21/h3-4,6-7,14,21,26H,5,8-13,15H2,1-2H3. The Balaban J connectivity index is 1.37. The topological polar surface area (TPSA) is 91.4 Å². The number of likely N-dealkylation sites (N-methyl/N-ethyl adjacent to an activating group) is 1. The Bertz CT molecular complexity index is 1200. The second-order valence-electron chi connectivity index (χ2n) is 8.88. The normalized spacial score (nSPS) is 18.1. The van der Waals surface area contributed by atoms with E-state index in [1.54, 1.807) is 16.8 Å². The molecular formula is C25H29N5O3. The molecule has 5 rings (SSSR count). The van der Waals surface area contributed by atoms with E-state index in [1.165, 1.54) is 10.9 Å². The highest BCUT2D eigenvalue weighted by Gasteiger charge is 2.30. The van der Waals surface area contributed by atoms with Gasteiger partial charge in [0.1, 0.15) is 17.7 Å². The van der Waals surface area contributed by atoms with Gasteiger partial charge in [-0.2, -0.15) is 0 Å². The molecule has 172 valence electrons. The van der Waals surface area contributed by atoms with Gasteiger partial charge < -0.3 is 14.6 Å². The molecule has 0 saturated carbocycles. The van der Waals surface area contributed by atoms with Gasteiger partial charge in [-0.15, -0.1) is 0 Å². The van der Waals surface area contributed by atoms with Gasteiger partial charge in [-0.3, -0.25) is 14.5 Å². The minimum Gasteiger partial charge on any atom is -0.368 e. The number of ether oxygens (including phenoxy) is 1. The minimum atomic E-state index is -0.372. The van der Waals surface area contributed by atoms with Crippen LogP contribution in [0.5, 0.6) is 0 Å². The first kappa shape index (κ1) is 21.6. The number of aryl methyl sites for hydroxylation is 1. The van der Waals surface area contributed by atoms with Crippen molar-refractivity contribution in [3.8, 4) is 0 Å². The largest absolute Gasteiger partial charge is 0.368 e. The molecule has 33 heavy (non-hydrogen) atoms. The van der Waals surface area contributed by atoms with E-state index >= 15 is 0 Å². The number of H-pyrrole nitrogens is 1. The van der Waals surface area contributed by atoms with Crippen molar-refractivity contribution in [3.63, 3.8) is 0 Å². The fraction of sp³-hybridized carbons (Fsp3) is 0.440. The number of rotatable bonds is 6. The average molecular weight is 448 g/mol. The highest BCUT2D eigenvalue weighted by atomic mass is 16.5. The minimum absolute atomic E-state index is 0.0428.